The number of ether oxygens (including phenoxy) is 1. The number of amides is 3. The van der Waals surface area contributed by atoms with Crippen LogP contribution in [-0.2, 0) is 24.4 Å². The van der Waals surface area contributed by atoms with Gasteiger partial charge in [0, 0.05) is 23.7 Å². The molecular formula is C41H44N6O7S2. The van der Waals surface area contributed by atoms with Crippen molar-refractivity contribution in [1.82, 2.24) is 30.3 Å². The van der Waals surface area contributed by atoms with Crippen molar-refractivity contribution in [3.05, 3.63) is 83.5 Å². The van der Waals surface area contributed by atoms with Gasteiger partial charge in [-0.2, -0.15) is 0 Å². The molecule has 0 bridgehead atoms. The van der Waals surface area contributed by atoms with Gasteiger partial charge in [-0.15, -0.1) is 11.3 Å². The topological polar surface area (TPSA) is 186 Å². The van der Waals surface area contributed by atoms with Crippen LogP contribution in [0.2, 0.25) is 0 Å². The maximum atomic E-state index is 14.8. The Morgan fingerprint density at radius 3 is 2.46 bits per heavy atom. The zero-order valence-electron chi connectivity index (χ0n) is 31.0. The van der Waals surface area contributed by atoms with Crippen LogP contribution in [0.3, 0.4) is 0 Å². The zero-order chi connectivity index (χ0) is 39.0. The van der Waals surface area contributed by atoms with Crippen molar-refractivity contribution in [3.63, 3.8) is 0 Å². The van der Waals surface area contributed by atoms with Crippen molar-refractivity contribution >= 4 is 55.9 Å². The Morgan fingerprint density at radius 1 is 0.946 bits per heavy atom. The molecule has 4 aliphatic rings. The molecule has 15 heteroatoms. The molecule has 56 heavy (non-hydrogen) atoms. The number of sulfonamides is 1. The summed E-state index contributed by atoms with van der Waals surface area (Å²) in [6.45, 7) is 1.82. The highest BCUT2D eigenvalue weighted by Gasteiger charge is 2.62. The van der Waals surface area contributed by atoms with Crippen molar-refractivity contribution in [3.8, 4) is 16.5 Å². The quantitative estimate of drug-likeness (QED) is 0.200. The molecule has 3 N–H and O–H groups in total. The van der Waals surface area contributed by atoms with Gasteiger partial charge in [-0.3, -0.25) is 28.9 Å². The summed E-state index contributed by atoms with van der Waals surface area (Å²) in [7, 11) is -3.89. The average molecular weight is 797 g/mol. The number of hydrogen-bond acceptors (Lipinski definition) is 11. The second-order valence-electron chi connectivity index (χ2n) is 15.4. The van der Waals surface area contributed by atoms with E-state index in [2.05, 4.69) is 20.3 Å². The summed E-state index contributed by atoms with van der Waals surface area (Å²) in [6, 6.07) is 13.8. The Morgan fingerprint density at radius 2 is 1.73 bits per heavy atom. The van der Waals surface area contributed by atoms with E-state index < -0.39 is 68.4 Å². The monoisotopic (exact) mass is 796 g/mol. The predicted octanol–water partition coefficient (Wildman–Crippen LogP) is 5.21. The van der Waals surface area contributed by atoms with E-state index in [1.165, 1.54) is 17.5 Å². The lowest BCUT2D eigenvalue weighted by Crippen LogP contribution is -2.54. The van der Waals surface area contributed by atoms with Gasteiger partial charge in [0.05, 0.1) is 38.7 Å². The molecule has 1 aromatic carbocycles. The molecule has 3 amide bonds. The fraction of sp³-hybridized carbons (Fsp3) is 0.439. The number of carbonyl (C=O) groups is 4. The molecule has 3 fully saturated rings. The molecule has 1 aliphatic heterocycles. The van der Waals surface area contributed by atoms with Gasteiger partial charge in [-0.05, 0) is 94.0 Å². The Bertz CT molecular complexity index is 2290. The van der Waals surface area contributed by atoms with Crippen molar-refractivity contribution in [2.75, 3.05) is 0 Å². The minimum absolute atomic E-state index is 0.113. The summed E-state index contributed by atoms with van der Waals surface area (Å²) in [5.74, 6) is -4.04. The van der Waals surface area contributed by atoms with Gasteiger partial charge in [-0.1, -0.05) is 43.2 Å². The predicted molar refractivity (Wildman–Crippen MR) is 210 cm³/mol. The highest BCUT2D eigenvalue weighted by molar-refractivity contribution is 7.91. The first-order valence-corrected chi connectivity index (χ1v) is 21.7. The van der Waals surface area contributed by atoms with E-state index in [1.54, 1.807) is 12.1 Å². The molecule has 3 aromatic heterocycles. The van der Waals surface area contributed by atoms with E-state index in [4.69, 9.17) is 14.7 Å². The van der Waals surface area contributed by atoms with Crippen LogP contribution >= 0.6 is 11.3 Å². The number of allylic oxidation sites excluding steroid dienone is 1. The smallest absolute Gasteiger partial charge is 0.259 e. The van der Waals surface area contributed by atoms with Crippen LogP contribution in [0.25, 0.3) is 21.6 Å². The molecule has 0 radical (unpaired) electrons. The highest BCUT2D eigenvalue weighted by atomic mass is 32.2. The Balaban J connectivity index is 1.12. The number of aryl methyl sites for hydroxylation is 1. The van der Waals surface area contributed by atoms with Crippen LogP contribution in [0.1, 0.15) is 80.3 Å². The Kier molecular flexibility index (Phi) is 10.5. The second-order valence-corrected chi connectivity index (χ2v) is 18.3. The van der Waals surface area contributed by atoms with Gasteiger partial charge >= 0.3 is 0 Å². The fourth-order valence-corrected chi connectivity index (χ4v) is 9.97. The number of benzene rings is 1. The standard InChI is InChI=1S/C41H44N6O7S2/c1-24-15-16-25(23-42-24)37(49)44-33-13-6-4-2-3-5-10-26-22-41(26,40(51)47-56(52,53)28-17-18-28)46-38(50)30-21-27(20-29(30)36(33)48)54-39-35(34-14-9-19-55-34)43-31-11-7-8-12-32(31)45-39/h5,7-12,14-16,19,23,26-30,33H,2-4,6,13,17-18,20-22H2,1H3,(H,44,49)(H,46,50)(H,47,51)/b10-5-/t26?,27-,29?,30+,33+,41+/m0/s1. The Labute approximate surface area is 329 Å². The highest BCUT2D eigenvalue weighted by Crippen LogP contribution is 2.47. The van der Waals surface area contributed by atoms with Crippen LogP contribution in [-0.4, -0.2) is 69.8 Å². The lowest BCUT2D eigenvalue weighted by atomic mass is 9.85. The van der Waals surface area contributed by atoms with Crippen molar-refractivity contribution in [2.24, 2.45) is 17.8 Å². The van der Waals surface area contributed by atoms with Gasteiger partial charge in [-0.25, -0.2) is 18.4 Å². The summed E-state index contributed by atoms with van der Waals surface area (Å²) in [5, 5.41) is 7.21. The molecule has 3 saturated carbocycles. The van der Waals surface area contributed by atoms with Crippen LogP contribution < -0.4 is 20.1 Å². The summed E-state index contributed by atoms with van der Waals surface area (Å²) in [6.07, 6.45) is 9.45. The largest absolute Gasteiger partial charge is 0.473 e. The first-order valence-electron chi connectivity index (χ1n) is 19.3. The summed E-state index contributed by atoms with van der Waals surface area (Å²) >= 11 is 1.49. The van der Waals surface area contributed by atoms with Crippen LogP contribution in [0.15, 0.2) is 72.3 Å². The third-order valence-corrected chi connectivity index (χ3v) is 14.0. The van der Waals surface area contributed by atoms with Crippen LogP contribution in [0.4, 0.5) is 0 Å². The summed E-state index contributed by atoms with van der Waals surface area (Å²) in [5.41, 5.74) is 1.44. The van der Waals surface area contributed by atoms with E-state index in [-0.39, 0.29) is 30.9 Å². The minimum Gasteiger partial charge on any atom is -0.473 e. The van der Waals surface area contributed by atoms with Gasteiger partial charge in [0.1, 0.15) is 17.3 Å². The van der Waals surface area contributed by atoms with E-state index in [0.717, 1.165) is 23.4 Å². The van der Waals surface area contributed by atoms with Gasteiger partial charge in [0.15, 0.2) is 5.78 Å². The van der Waals surface area contributed by atoms with Crippen LogP contribution in [0, 0.1) is 24.7 Å². The van der Waals surface area contributed by atoms with Crippen LogP contribution in [0.5, 0.6) is 5.88 Å². The number of ketones is 1. The van der Waals surface area contributed by atoms with Crippen molar-refractivity contribution in [1.29, 1.82) is 0 Å². The number of nitrogens with zero attached hydrogens (tertiary/aromatic N) is 3. The number of aromatic nitrogens is 3. The minimum atomic E-state index is -3.89. The van der Waals surface area contributed by atoms with Gasteiger partial charge < -0.3 is 15.4 Å². The molecule has 0 spiro atoms. The molecule has 4 aromatic rings. The molecule has 3 aliphatic carbocycles. The number of rotatable bonds is 8. The average Bonchev–Trinajstić information content (AvgIpc) is 4.05. The molecule has 6 atom stereocenters. The third kappa shape index (κ3) is 7.97. The number of nitrogens with one attached hydrogen (secondary N) is 3. The Hall–Kier alpha value is -5.02. The number of Topliss-reactive ketones (excluding diaryl/α,β-unsaturated/α-hetero) is 1. The molecular weight excluding hydrogens is 753 g/mol. The zero-order valence-corrected chi connectivity index (χ0v) is 32.6. The SMILES string of the molecule is Cc1ccc(C(=O)N[C@@H]2CCCCC/C=C\C3C[C@@]3(C(=O)NS(=O)(=O)C3CC3)NC(=O)[C@@H]3C[C@@H](Oc4nc5ccccc5nc4-c4cccs4)CC3C2=O)cn1. The van der Waals surface area contributed by atoms with E-state index in [1.807, 2.05) is 60.9 Å². The van der Waals surface area contributed by atoms with Gasteiger partial charge in [0.25, 0.3) is 11.8 Å². The van der Waals surface area contributed by atoms with E-state index in [0.29, 0.717) is 54.4 Å². The van der Waals surface area contributed by atoms with Crippen molar-refractivity contribution < 1.29 is 32.3 Å². The number of fused-ring (bicyclic) bond motifs is 3. The first kappa shape index (κ1) is 37.9. The normalized spacial score (nSPS) is 27.5. The third-order valence-electron chi connectivity index (χ3n) is 11.3. The molecule has 0 saturated heterocycles. The summed E-state index contributed by atoms with van der Waals surface area (Å²) < 4.78 is 34.7. The molecule has 4 heterocycles. The number of para-hydroxylation sites is 2. The number of pyridine rings is 1. The lowest BCUT2D eigenvalue weighted by molar-refractivity contribution is -0.136. The molecule has 2 unspecified atom stereocenters. The first-order chi connectivity index (χ1) is 27.0. The maximum Gasteiger partial charge on any atom is 0.259 e. The fourth-order valence-electron chi connectivity index (χ4n) is 7.90. The number of carbonyl (C=O) groups excluding carboxylic acids is 4. The number of hydrogen-bond donors (Lipinski definition) is 3. The van der Waals surface area contributed by atoms with Crippen molar-refractivity contribution in [2.45, 2.75) is 94.1 Å². The maximum absolute atomic E-state index is 14.8. The molecule has 292 valence electrons. The second kappa shape index (κ2) is 15.5. The lowest BCUT2D eigenvalue weighted by Gasteiger charge is -2.26. The molecule has 13 nitrogen and oxygen atoms in total. The summed E-state index contributed by atoms with van der Waals surface area (Å²) in [4.78, 5) is 71.4. The van der Waals surface area contributed by atoms with E-state index in [9.17, 15) is 27.6 Å². The number of thiophene rings is 1. The van der Waals surface area contributed by atoms with Gasteiger partial charge in [0.2, 0.25) is 21.8 Å². The van der Waals surface area contributed by atoms with E-state index >= 15 is 0 Å². The molecule has 8 rings (SSSR count).